The van der Waals surface area contributed by atoms with Gasteiger partial charge in [-0.2, -0.15) is 0 Å². The van der Waals surface area contributed by atoms with E-state index in [0.717, 1.165) is 24.2 Å². The third-order valence-electron chi connectivity index (χ3n) is 6.95. The average molecular weight is 310 g/mol. The molecule has 0 radical (unpaired) electrons. The van der Waals surface area contributed by atoms with Gasteiger partial charge in [0.1, 0.15) is 5.58 Å². The normalized spacial score (nSPS) is 37.7. The van der Waals surface area contributed by atoms with Gasteiger partial charge >= 0.3 is 7.12 Å². The monoisotopic (exact) mass is 310 g/mol. The van der Waals surface area contributed by atoms with Crippen LogP contribution in [0, 0.1) is 17.3 Å². The molecule has 1 saturated heterocycles. The van der Waals surface area contributed by atoms with Crippen LogP contribution in [0.4, 0.5) is 0 Å². The van der Waals surface area contributed by atoms with Gasteiger partial charge in [-0.3, -0.25) is 0 Å². The van der Waals surface area contributed by atoms with Crippen molar-refractivity contribution in [1.82, 2.24) is 0 Å². The summed E-state index contributed by atoms with van der Waals surface area (Å²) >= 11 is 0. The fourth-order valence-corrected chi connectivity index (χ4v) is 5.41. The standard InChI is InChI=1S/C19H23BO3/c1-18(2)13-8-16(18)19(3)17(9-13)22-20(23-19)10-12-11-21-15-7-5-4-6-14(12)15/h4-7,11,13,16-17H,8-10H2,1-3H3/t13-,16-,17+,19-/m0/s1. The lowest BCUT2D eigenvalue weighted by atomic mass is 9.43. The molecule has 3 saturated carbocycles. The Morgan fingerprint density at radius 1 is 1.17 bits per heavy atom. The van der Waals surface area contributed by atoms with Crippen molar-refractivity contribution in [1.29, 1.82) is 0 Å². The quantitative estimate of drug-likeness (QED) is 0.777. The van der Waals surface area contributed by atoms with Crippen LogP contribution in [0.1, 0.15) is 39.2 Å². The lowest BCUT2D eigenvalue weighted by Gasteiger charge is -2.64. The van der Waals surface area contributed by atoms with Crippen LogP contribution in [-0.4, -0.2) is 18.8 Å². The summed E-state index contributed by atoms with van der Waals surface area (Å²) < 4.78 is 18.5. The van der Waals surface area contributed by atoms with Crippen molar-refractivity contribution in [2.24, 2.45) is 17.3 Å². The molecular formula is C19H23BO3. The maximum atomic E-state index is 6.50. The molecule has 2 bridgehead atoms. The van der Waals surface area contributed by atoms with E-state index in [9.17, 15) is 0 Å². The molecule has 4 heteroatoms. The minimum atomic E-state index is -0.152. The van der Waals surface area contributed by atoms with Crippen LogP contribution >= 0.6 is 0 Å². The Balaban J connectivity index is 1.40. The number of hydrogen-bond acceptors (Lipinski definition) is 3. The summed E-state index contributed by atoms with van der Waals surface area (Å²) in [5, 5.41) is 1.17. The average Bonchev–Trinajstić information content (AvgIpc) is 3.07. The van der Waals surface area contributed by atoms with E-state index in [4.69, 9.17) is 13.7 Å². The van der Waals surface area contributed by atoms with E-state index in [1.165, 1.54) is 17.4 Å². The molecule has 1 aromatic carbocycles. The highest BCUT2D eigenvalue weighted by atomic mass is 16.7. The predicted molar refractivity (Wildman–Crippen MR) is 90.0 cm³/mol. The van der Waals surface area contributed by atoms with Gasteiger partial charge < -0.3 is 13.7 Å². The second-order valence-electron chi connectivity index (χ2n) is 8.36. The summed E-state index contributed by atoms with van der Waals surface area (Å²) in [5.74, 6) is 1.41. The van der Waals surface area contributed by atoms with E-state index in [1.807, 2.05) is 18.4 Å². The van der Waals surface area contributed by atoms with Crippen LogP contribution in [0.3, 0.4) is 0 Å². The Morgan fingerprint density at radius 2 is 2.00 bits per heavy atom. The van der Waals surface area contributed by atoms with Crippen molar-refractivity contribution in [2.45, 2.75) is 51.6 Å². The van der Waals surface area contributed by atoms with Crippen molar-refractivity contribution in [3.05, 3.63) is 36.1 Å². The molecule has 1 aromatic heterocycles. The Labute approximate surface area is 137 Å². The molecule has 2 aromatic rings. The second kappa shape index (κ2) is 4.43. The summed E-state index contributed by atoms with van der Waals surface area (Å²) in [4.78, 5) is 0. The molecule has 23 heavy (non-hydrogen) atoms. The van der Waals surface area contributed by atoms with Gasteiger partial charge in [-0.15, -0.1) is 0 Å². The van der Waals surface area contributed by atoms with E-state index in [2.05, 4.69) is 32.9 Å². The van der Waals surface area contributed by atoms with Crippen molar-refractivity contribution < 1.29 is 13.7 Å². The predicted octanol–water partition coefficient (Wildman–Crippen LogP) is 4.24. The molecule has 120 valence electrons. The zero-order valence-electron chi connectivity index (χ0n) is 14.0. The maximum Gasteiger partial charge on any atom is 0.462 e. The minimum absolute atomic E-state index is 0.123. The molecule has 4 aliphatic rings. The first-order valence-corrected chi connectivity index (χ1v) is 8.77. The van der Waals surface area contributed by atoms with Crippen LogP contribution in [-0.2, 0) is 15.6 Å². The van der Waals surface area contributed by atoms with Crippen LogP contribution in [0.15, 0.2) is 34.9 Å². The minimum Gasteiger partial charge on any atom is -0.464 e. The van der Waals surface area contributed by atoms with Crippen LogP contribution in [0.5, 0.6) is 0 Å². The first-order chi connectivity index (χ1) is 11.0. The summed E-state index contributed by atoms with van der Waals surface area (Å²) in [6, 6.07) is 8.17. The summed E-state index contributed by atoms with van der Waals surface area (Å²) in [5.41, 5.74) is 2.39. The Morgan fingerprint density at radius 3 is 2.83 bits per heavy atom. The van der Waals surface area contributed by atoms with Gasteiger partial charge in [0, 0.05) is 11.7 Å². The van der Waals surface area contributed by atoms with E-state index >= 15 is 0 Å². The van der Waals surface area contributed by atoms with Gasteiger partial charge in [-0.1, -0.05) is 32.0 Å². The van der Waals surface area contributed by atoms with Gasteiger partial charge in [0.2, 0.25) is 0 Å². The zero-order valence-corrected chi connectivity index (χ0v) is 14.0. The van der Waals surface area contributed by atoms with Gasteiger partial charge in [0.05, 0.1) is 18.0 Å². The molecule has 3 nitrogen and oxygen atoms in total. The largest absolute Gasteiger partial charge is 0.464 e. The van der Waals surface area contributed by atoms with Crippen LogP contribution in [0.25, 0.3) is 11.0 Å². The maximum absolute atomic E-state index is 6.50. The highest BCUT2D eigenvalue weighted by molar-refractivity contribution is 6.45. The van der Waals surface area contributed by atoms with Gasteiger partial charge in [0.25, 0.3) is 0 Å². The van der Waals surface area contributed by atoms with E-state index in [-0.39, 0.29) is 18.8 Å². The molecule has 0 unspecified atom stereocenters. The second-order valence-corrected chi connectivity index (χ2v) is 8.36. The van der Waals surface area contributed by atoms with Crippen LogP contribution < -0.4 is 0 Å². The summed E-state index contributed by atoms with van der Waals surface area (Å²) in [7, 11) is -0.152. The molecule has 4 atom stereocenters. The fraction of sp³-hybridized carbons (Fsp3) is 0.579. The molecule has 2 heterocycles. The van der Waals surface area contributed by atoms with Gasteiger partial charge in [-0.05, 0) is 48.6 Å². The lowest BCUT2D eigenvalue weighted by molar-refractivity contribution is -0.199. The Hall–Kier alpha value is -1.26. The summed E-state index contributed by atoms with van der Waals surface area (Å²) in [6.45, 7) is 7.06. The van der Waals surface area contributed by atoms with E-state index < -0.39 is 0 Å². The number of rotatable bonds is 2. The molecule has 0 N–H and O–H groups in total. The molecule has 0 spiro atoms. The molecule has 4 fully saturated rings. The van der Waals surface area contributed by atoms with Crippen molar-refractivity contribution >= 4 is 18.1 Å². The third kappa shape index (κ3) is 1.79. The number of para-hydroxylation sites is 1. The molecule has 6 rings (SSSR count). The third-order valence-corrected chi connectivity index (χ3v) is 6.95. The number of fused-ring (bicyclic) bond motifs is 1. The smallest absolute Gasteiger partial charge is 0.462 e. The summed E-state index contributed by atoms with van der Waals surface area (Å²) in [6.07, 6.45) is 5.31. The highest BCUT2D eigenvalue weighted by Gasteiger charge is 2.67. The Bertz CT molecular complexity index is 767. The first-order valence-electron chi connectivity index (χ1n) is 8.77. The number of hydrogen-bond donors (Lipinski definition) is 0. The van der Waals surface area contributed by atoms with Crippen LogP contribution in [0.2, 0.25) is 0 Å². The van der Waals surface area contributed by atoms with E-state index in [0.29, 0.717) is 11.3 Å². The molecule has 1 aliphatic heterocycles. The number of benzene rings is 1. The fourth-order valence-electron chi connectivity index (χ4n) is 5.41. The van der Waals surface area contributed by atoms with Crippen molar-refractivity contribution in [3.8, 4) is 0 Å². The molecular weight excluding hydrogens is 287 g/mol. The number of furan rings is 1. The SMILES string of the molecule is CC1(C)[C@@H]2C[C@H]3OB(Cc4coc5ccccc45)O[C@@]3(C)[C@H]1C2. The van der Waals surface area contributed by atoms with Gasteiger partial charge in [-0.25, -0.2) is 0 Å². The lowest BCUT2D eigenvalue weighted by Crippen LogP contribution is -2.65. The molecule has 0 amide bonds. The highest BCUT2D eigenvalue weighted by Crippen LogP contribution is 2.65. The van der Waals surface area contributed by atoms with E-state index in [1.54, 1.807) is 0 Å². The molecule has 3 aliphatic carbocycles. The first kappa shape index (κ1) is 14.1. The van der Waals surface area contributed by atoms with Gasteiger partial charge in [0.15, 0.2) is 0 Å². The van der Waals surface area contributed by atoms with Crippen molar-refractivity contribution in [3.63, 3.8) is 0 Å². The zero-order chi connectivity index (χ0) is 15.8. The topological polar surface area (TPSA) is 31.6 Å². The Kier molecular flexibility index (Phi) is 2.72. The van der Waals surface area contributed by atoms with Crippen molar-refractivity contribution in [2.75, 3.05) is 0 Å².